The molecular weight excluding hydrogens is 586 g/mol. The molecule has 4 aromatic rings. The maximum atomic E-state index is 13.5. The smallest absolute Gasteiger partial charge is 0.416 e. The normalized spacial score (nSPS) is 18.6. The van der Waals surface area contributed by atoms with Gasteiger partial charge in [0.25, 0.3) is 0 Å². The van der Waals surface area contributed by atoms with Gasteiger partial charge in [-0.05, 0) is 37.3 Å². The third-order valence-electron chi connectivity index (χ3n) is 7.52. The van der Waals surface area contributed by atoms with Crippen molar-refractivity contribution in [3.8, 4) is 23.3 Å². The number of aryl methyl sites for hydroxylation is 1. The van der Waals surface area contributed by atoms with Crippen molar-refractivity contribution >= 4 is 11.9 Å². The van der Waals surface area contributed by atoms with Crippen molar-refractivity contribution < 1.29 is 39.1 Å². The topological polar surface area (TPSA) is 187 Å². The van der Waals surface area contributed by atoms with Gasteiger partial charge in [-0.25, -0.2) is 19.7 Å². The van der Waals surface area contributed by atoms with Gasteiger partial charge in [-0.3, -0.25) is 9.58 Å². The first-order valence-electron chi connectivity index (χ1n) is 14.5. The monoisotopic (exact) mass is 619 g/mol. The van der Waals surface area contributed by atoms with Crippen LogP contribution in [0.1, 0.15) is 36.8 Å². The molecule has 15 nitrogen and oxygen atoms in total. The predicted molar refractivity (Wildman–Crippen MR) is 156 cm³/mol. The van der Waals surface area contributed by atoms with Gasteiger partial charge in [0, 0.05) is 25.5 Å². The zero-order valence-electron chi connectivity index (χ0n) is 24.5. The molecule has 0 radical (unpaired) electrons. The molecule has 6 rings (SSSR count). The van der Waals surface area contributed by atoms with Crippen LogP contribution in [0.15, 0.2) is 61.2 Å². The van der Waals surface area contributed by atoms with Crippen LogP contribution < -0.4 is 14.4 Å². The number of hydrogen-bond acceptors (Lipinski definition) is 13. The second-order valence-electron chi connectivity index (χ2n) is 10.9. The number of anilines is 1. The summed E-state index contributed by atoms with van der Waals surface area (Å²) in [5.41, 5.74) is 1.69. The van der Waals surface area contributed by atoms with Gasteiger partial charge in [0.15, 0.2) is 5.82 Å². The molecule has 1 aliphatic carbocycles. The minimum Gasteiger partial charge on any atom is -0.469 e. The van der Waals surface area contributed by atoms with Crippen molar-refractivity contribution in [3.05, 3.63) is 72.3 Å². The van der Waals surface area contributed by atoms with E-state index in [0.717, 1.165) is 11.8 Å². The van der Waals surface area contributed by atoms with Crippen molar-refractivity contribution in [2.75, 3.05) is 18.1 Å². The minimum atomic E-state index is -3.19. The summed E-state index contributed by atoms with van der Waals surface area (Å²) in [5, 5.41) is 33.5. The standard InChI is InChI=1S/C30H33N7O8/c1-36-12-11-24(35-36)25-14-32-26(15-31-25)37(29(38)43-16-19-5-3-2-4-6-19)20-7-9-21(10-8-20)45-28-33-13-23(30(39,40)41)27(34-28)44-22-17-42-18-22/h2-6,11-15,20-22,39-41H,7-10,16-18H2,1H3. The summed E-state index contributed by atoms with van der Waals surface area (Å²) < 4.78 is 24.1. The Hall–Kier alpha value is -4.70. The number of nitrogens with zero attached hydrogens (tertiary/aromatic N) is 7. The van der Waals surface area contributed by atoms with Crippen LogP contribution in [0.5, 0.6) is 11.9 Å². The van der Waals surface area contributed by atoms with Crippen LogP contribution in [0.2, 0.25) is 0 Å². The highest BCUT2D eigenvalue weighted by Crippen LogP contribution is 2.32. The minimum absolute atomic E-state index is 0.0446. The molecule has 0 unspecified atom stereocenters. The number of aromatic nitrogens is 6. The summed E-state index contributed by atoms with van der Waals surface area (Å²) in [7, 11) is 1.82. The summed E-state index contributed by atoms with van der Waals surface area (Å²) in [6, 6.07) is 11.0. The van der Waals surface area contributed by atoms with E-state index >= 15 is 0 Å². The Balaban J connectivity index is 1.15. The number of carbonyl (C=O) groups excluding carboxylic acids is 1. The zero-order valence-corrected chi connectivity index (χ0v) is 24.5. The zero-order chi connectivity index (χ0) is 31.4. The highest BCUT2D eigenvalue weighted by Gasteiger charge is 2.35. The molecule has 2 aliphatic rings. The van der Waals surface area contributed by atoms with E-state index < -0.39 is 17.6 Å². The van der Waals surface area contributed by atoms with E-state index in [1.54, 1.807) is 17.1 Å². The van der Waals surface area contributed by atoms with E-state index in [0.29, 0.717) is 56.1 Å². The van der Waals surface area contributed by atoms with E-state index in [1.165, 1.54) is 4.90 Å². The molecule has 2 fully saturated rings. The first-order chi connectivity index (χ1) is 21.7. The van der Waals surface area contributed by atoms with Crippen LogP contribution in [-0.4, -0.2) is 82.6 Å². The lowest BCUT2D eigenvalue weighted by Crippen LogP contribution is -2.44. The Morgan fingerprint density at radius 2 is 1.73 bits per heavy atom. The van der Waals surface area contributed by atoms with Gasteiger partial charge in [0.05, 0.1) is 25.6 Å². The van der Waals surface area contributed by atoms with Crippen LogP contribution >= 0.6 is 0 Å². The largest absolute Gasteiger partial charge is 0.469 e. The highest BCUT2D eigenvalue weighted by molar-refractivity contribution is 5.87. The van der Waals surface area contributed by atoms with Gasteiger partial charge in [-0.1, -0.05) is 30.3 Å². The number of ether oxygens (including phenoxy) is 4. The Kier molecular flexibility index (Phi) is 8.84. The summed E-state index contributed by atoms with van der Waals surface area (Å²) in [5.74, 6) is -3.04. The number of rotatable bonds is 10. The summed E-state index contributed by atoms with van der Waals surface area (Å²) >= 11 is 0. The second-order valence-corrected chi connectivity index (χ2v) is 10.9. The van der Waals surface area contributed by atoms with Crippen LogP contribution in [0.4, 0.5) is 10.6 Å². The molecule has 4 heterocycles. The fourth-order valence-electron chi connectivity index (χ4n) is 5.09. The van der Waals surface area contributed by atoms with Crippen molar-refractivity contribution in [1.29, 1.82) is 0 Å². The van der Waals surface area contributed by atoms with Crippen molar-refractivity contribution in [1.82, 2.24) is 29.7 Å². The summed E-state index contributed by atoms with van der Waals surface area (Å²) in [6.45, 7) is 0.717. The quantitative estimate of drug-likeness (QED) is 0.219. The number of carbonyl (C=O) groups is 1. The third kappa shape index (κ3) is 7.34. The van der Waals surface area contributed by atoms with Crippen LogP contribution in [0.3, 0.4) is 0 Å². The van der Waals surface area contributed by atoms with Crippen LogP contribution in [0, 0.1) is 0 Å². The van der Waals surface area contributed by atoms with Crippen LogP contribution in [0.25, 0.3) is 11.4 Å². The Labute approximate surface area is 258 Å². The SMILES string of the molecule is Cn1ccc(-c2cnc(N(C(=O)OCc3ccccc3)C3CCC(Oc4ncc(C(O)(O)O)c(OC5COC5)n4)CC3)cn2)n1. The first kappa shape index (κ1) is 30.3. The fraction of sp³-hybridized carbons (Fsp3) is 0.400. The molecule has 0 bridgehead atoms. The molecule has 45 heavy (non-hydrogen) atoms. The third-order valence-corrected chi connectivity index (χ3v) is 7.52. The van der Waals surface area contributed by atoms with Gasteiger partial charge < -0.3 is 34.3 Å². The number of aliphatic hydroxyl groups is 3. The molecule has 3 aromatic heterocycles. The lowest BCUT2D eigenvalue weighted by atomic mass is 9.92. The Morgan fingerprint density at radius 1 is 0.956 bits per heavy atom. The molecule has 1 saturated carbocycles. The van der Waals surface area contributed by atoms with E-state index in [4.69, 9.17) is 18.9 Å². The van der Waals surface area contributed by atoms with Crippen molar-refractivity contribution in [3.63, 3.8) is 0 Å². The number of amides is 1. The summed E-state index contributed by atoms with van der Waals surface area (Å²) in [4.78, 5) is 32.3. The first-order valence-corrected chi connectivity index (χ1v) is 14.5. The number of hydrogen-bond donors (Lipinski definition) is 3. The molecule has 236 valence electrons. The fourth-order valence-corrected chi connectivity index (χ4v) is 5.09. The molecule has 1 amide bonds. The van der Waals surface area contributed by atoms with Gasteiger partial charge in [-0.2, -0.15) is 10.1 Å². The lowest BCUT2D eigenvalue weighted by Gasteiger charge is -2.35. The molecular formula is C30H33N7O8. The highest BCUT2D eigenvalue weighted by atomic mass is 16.7. The van der Waals surface area contributed by atoms with Gasteiger partial charge in [0.2, 0.25) is 5.88 Å². The maximum absolute atomic E-state index is 13.5. The predicted octanol–water partition coefficient (Wildman–Crippen LogP) is 2.07. The Morgan fingerprint density at radius 3 is 2.36 bits per heavy atom. The van der Waals surface area contributed by atoms with E-state index in [2.05, 4.69) is 25.0 Å². The Bertz CT molecular complexity index is 1580. The average Bonchev–Trinajstić information content (AvgIpc) is 3.45. The maximum Gasteiger partial charge on any atom is 0.416 e. The average molecular weight is 620 g/mol. The summed E-state index contributed by atoms with van der Waals surface area (Å²) in [6.07, 6.45) is 7.02. The molecule has 0 atom stereocenters. The molecule has 0 spiro atoms. The van der Waals surface area contributed by atoms with Gasteiger partial charge in [0.1, 0.15) is 35.8 Å². The van der Waals surface area contributed by atoms with Gasteiger partial charge in [-0.15, -0.1) is 0 Å². The second kappa shape index (κ2) is 13.1. The molecule has 3 N–H and O–H groups in total. The van der Waals surface area contributed by atoms with Crippen LogP contribution in [-0.2, 0) is 29.1 Å². The lowest BCUT2D eigenvalue weighted by molar-refractivity contribution is -0.325. The van der Waals surface area contributed by atoms with Gasteiger partial charge >= 0.3 is 18.1 Å². The molecule has 1 saturated heterocycles. The molecule has 1 aliphatic heterocycles. The van der Waals surface area contributed by atoms with Crippen molar-refractivity contribution in [2.45, 2.75) is 56.5 Å². The molecule has 1 aromatic carbocycles. The van der Waals surface area contributed by atoms with E-state index in [1.807, 2.05) is 49.6 Å². The van der Waals surface area contributed by atoms with Crippen molar-refractivity contribution in [2.24, 2.45) is 7.05 Å². The molecule has 15 heteroatoms. The number of benzene rings is 1. The van der Waals surface area contributed by atoms with E-state index in [-0.39, 0.29) is 36.7 Å². The van der Waals surface area contributed by atoms with E-state index in [9.17, 15) is 20.1 Å².